The fourth-order valence-electron chi connectivity index (χ4n) is 3.27. The molecular formula is C16H20N4O. The first-order valence-electron chi connectivity index (χ1n) is 7.71. The highest BCUT2D eigenvalue weighted by molar-refractivity contribution is 5.99. The van der Waals surface area contributed by atoms with Gasteiger partial charge in [0.15, 0.2) is 5.65 Å². The van der Waals surface area contributed by atoms with Gasteiger partial charge in [-0.15, -0.1) is 0 Å². The topological polar surface area (TPSA) is 63.6 Å². The molecule has 1 unspecified atom stereocenters. The monoisotopic (exact) mass is 284 g/mol. The third kappa shape index (κ3) is 2.03. The van der Waals surface area contributed by atoms with E-state index in [1.165, 1.54) is 18.4 Å². The largest absolute Gasteiger partial charge is 0.325 e. The SMILES string of the molecule is CC1CCC(=O)N1c1cc(C2CC2)cn2cc(CN)nc12. The molecular weight excluding hydrogens is 264 g/mol. The first kappa shape index (κ1) is 12.8. The second kappa shape index (κ2) is 4.56. The highest BCUT2D eigenvalue weighted by Crippen LogP contribution is 2.42. The fraction of sp³-hybridized carbons (Fsp3) is 0.500. The Morgan fingerprint density at radius 2 is 2.14 bits per heavy atom. The van der Waals surface area contributed by atoms with Crippen LogP contribution in [0.4, 0.5) is 5.69 Å². The molecule has 0 aromatic carbocycles. The third-order valence-electron chi connectivity index (χ3n) is 4.61. The van der Waals surface area contributed by atoms with Crippen LogP contribution >= 0.6 is 0 Å². The van der Waals surface area contributed by atoms with Gasteiger partial charge in [-0.3, -0.25) is 4.79 Å². The van der Waals surface area contributed by atoms with E-state index in [4.69, 9.17) is 5.73 Å². The van der Waals surface area contributed by atoms with Gasteiger partial charge < -0.3 is 15.0 Å². The van der Waals surface area contributed by atoms with Gasteiger partial charge >= 0.3 is 0 Å². The maximum Gasteiger partial charge on any atom is 0.227 e. The predicted molar refractivity (Wildman–Crippen MR) is 81.2 cm³/mol. The van der Waals surface area contributed by atoms with Crippen molar-refractivity contribution in [1.29, 1.82) is 0 Å². The summed E-state index contributed by atoms with van der Waals surface area (Å²) in [4.78, 5) is 18.8. The van der Waals surface area contributed by atoms with Gasteiger partial charge in [0.05, 0.1) is 11.4 Å². The number of carbonyl (C=O) groups excluding carboxylic acids is 1. The molecule has 2 N–H and O–H groups in total. The maximum atomic E-state index is 12.3. The molecule has 1 saturated heterocycles. The average molecular weight is 284 g/mol. The molecule has 1 aliphatic carbocycles. The zero-order valence-corrected chi connectivity index (χ0v) is 12.2. The summed E-state index contributed by atoms with van der Waals surface area (Å²) in [6.07, 6.45) is 8.16. The van der Waals surface area contributed by atoms with Gasteiger partial charge in [-0.25, -0.2) is 4.98 Å². The molecule has 2 fully saturated rings. The number of hydrogen-bond acceptors (Lipinski definition) is 3. The summed E-state index contributed by atoms with van der Waals surface area (Å²) in [5.41, 5.74) is 9.70. The number of hydrogen-bond donors (Lipinski definition) is 1. The van der Waals surface area contributed by atoms with Crippen molar-refractivity contribution in [1.82, 2.24) is 9.38 Å². The van der Waals surface area contributed by atoms with Gasteiger partial charge in [-0.2, -0.15) is 0 Å². The lowest BCUT2D eigenvalue weighted by molar-refractivity contribution is -0.117. The van der Waals surface area contributed by atoms with E-state index >= 15 is 0 Å². The second-order valence-electron chi connectivity index (χ2n) is 6.25. The van der Waals surface area contributed by atoms with E-state index in [0.717, 1.165) is 23.4 Å². The van der Waals surface area contributed by atoms with Gasteiger partial charge in [0.2, 0.25) is 5.91 Å². The molecule has 0 spiro atoms. The van der Waals surface area contributed by atoms with Gasteiger partial charge in [0, 0.05) is 31.4 Å². The number of imidazole rings is 1. The van der Waals surface area contributed by atoms with Crippen molar-refractivity contribution in [2.45, 2.75) is 51.1 Å². The Balaban J connectivity index is 1.92. The number of nitrogens with zero attached hydrogens (tertiary/aromatic N) is 3. The highest BCUT2D eigenvalue weighted by Gasteiger charge is 2.32. The minimum atomic E-state index is 0.203. The maximum absolute atomic E-state index is 12.3. The first-order valence-corrected chi connectivity index (χ1v) is 7.71. The Bertz CT molecular complexity index is 716. The number of pyridine rings is 1. The van der Waals surface area contributed by atoms with Crippen LogP contribution in [-0.2, 0) is 11.3 Å². The summed E-state index contributed by atoms with van der Waals surface area (Å²) >= 11 is 0. The zero-order chi connectivity index (χ0) is 14.6. The van der Waals surface area contributed by atoms with Crippen molar-refractivity contribution in [3.63, 3.8) is 0 Å². The van der Waals surface area contributed by atoms with Crippen molar-refractivity contribution in [2.75, 3.05) is 4.90 Å². The van der Waals surface area contributed by atoms with Crippen molar-refractivity contribution >= 4 is 17.2 Å². The Kier molecular flexibility index (Phi) is 2.79. The van der Waals surface area contributed by atoms with Crippen LogP contribution in [0.2, 0.25) is 0 Å². The summed E-state index contributed by atoms with van der Waals surface area (Å²) in [6.45, 7) is 2.53. The molecule has 2 aromatic rings. The average Bonchev–Trinajstić information content (AvgIpc) is 3.16. The molecule has 2 aliphatic rings. The van der Waals surface area contributed by atoms with Crippen LogP contribution < -0.4 is 10.6 Å². The summed E-state index contributed by atoms with van der Waals surface area (Å²) in [5, 5.41) is 0. The standard InChI is InChI=1S/C16H20N4O/c1-10-2-5-15(21)20(10)14-6-12(11-3-4-11)8-19-9-13(7-17)18-16(14)19/h6,8-11H,2-5,7,17H2,1H3. The van der Waals surface area contributed by atoms with E-state index in [-0.39, 0.29) is 11.9 Å². The van der Waals surface area contributed by atoms with Crippen LogP contribution in [0.1, 0.15) is 49.8 Å². The van der Waals surface area contributed by atoms with E-state index in [1.807, 2.05) is 15.5 Å². The Morgan fingerprint density at radius 1 is 1.33 bits per heavy atom. The Morgan fingerprint density at radius 3 is 2.76 bits per heavy atom. The Hall–Kier alpha value is -1.88. The zero-order valence-electron chi connectivity index (χ0n) is 12.2. The number of carbonyl (C=O) groups is 1. The molecule has 1 saturated carbocycles. The van der Waals surface area contributed by atoms with Crippen LogP contribution in [0.5, 0.6) is 0 Å². The van der Waals surface area contributed by atoms with Crippen LogP contribution in [0.15, 0.2) is 18.5 Å². The molecule has 3 heterocycles. The van der Waals surface area contributed by atoms with Crippen LogP contribution in [0.3, 0.4) is 0 Å². The molecule has 5 nitrogen and oxygen atoms in total. The predicted octanol–water partition coefficient (Wildman–Crippen LogP) is 2.19. The molecule has 1 atom stereocenters. The van der Waals surface area contributed by atoms with E-state index in [9.17, 15) is 4.79 Å². The molecule has 0 radical (unpaired) electrons. The molecule has 2 aromatic heterocycles. The number of amides is 1. The van der Waals surface area contributed by atoms with Crippen molar-refractivity contribution in [3.05, 3.63) is 29.7 Å². The van der Waals surface area contributed by atoms with E-state index in [1.54, 1.807) is 0 Å². The van der Waals surface area contributed by atoms with Crippen LogP contribution in [-0.4, -0.2) is 21.3 Å². The van der Waals surface area contributed by atoms with E-state index in [0.29, 0.717) is 18.9 Å². The number of nitrogens with two attached hydrogens (primary N) is 1. The quantitative estimate of drug-likeness (QED) is 0.939. The van der Waals surface area contributed by atoms with Gasteiger partial charge in [-0.05, 0) is 43.7 Å². The molecule has 0 bridgehead atoms. The van der Waals surface area contributed by atoms with Crippen molar-refractivity contribution < 1.29 is 4.79 Å². The summed E-state index contributed by atoms with van der Waals surface area (Å²) < 4.78 is 2.05. The molecule has 21 heavy (non-hydrogen) atoms. The van der Waals surface area contributed by atoms with Crippen LogP contribution in [0, 0.1) is 0 Å². The molecule has 4 rings (SSSR count). The summed E-state index contributed by atoms with van der Waals surface area (Å²) in [7, 11) is 0. The van der Waals surface area contributed by atoms with Crippen LogP contribution in [0.25, 0.3) is 5.65 Å². The smallest absolute Gasteiger partial charge is 0.227 e. The summed E-state index contributed by atoms with van der Waals surface area (Å²) in [5.74, 6) is 0.847. The minimum absolute atomic E-state index is 0.203. The number of aromatic nitrogens is 2. The first-order chi connectivity index (χ1) is 10.2. The molecule has 1 aliphatic heterocycles. The Labute approximate surface area is 123 Å². The molecule has 5 heteroatoms. The van der Waals surface area contributed by atoms with Crippen molar-refractivity contribution in [2.24, 2.45) is 5.73 Å². The lowest BCUT2D eigenvalue weighted by Crippen LogP contribution is -2.31. The number of fused-ring (bicyclic) bond motifs is 1. The van der Waals surface area contributed by atoms with Gasteiger partial charge in [-0.1, -0.05) is 0 Å². The molecule has 110 valence electrons. The normalized spacial score (nSPS) is 22.5. The molecule has 1 amide bonds. The number of rotatable bonds is 3. The van der Waals surface area contributed by atoms with Gasteiger partial charge in [0.25, 0.3) is 0 Å². The highest BCUT2D eigenvalue weighted by atomic mass is 16.2. The number of anilines is 1. The van der Waals surface area contributed by atoms with Crippen molar-refractivity contribution in [3.8, 4) is 0 Å². The minimum Gasteiger partial charge on any atom is -0.325 e. The second-order valence-corrected chi connectivity index (χ2v) is 6.25. The lowest BCUT2D eigenvalue weighted by atomic mass is 10.1. The van der Waals surface area contributed by atoms with E-state index in [2.05, 4.69) is 24.2 Å². The van der Waals surface area contributed by atoms with E-state index < -0.39 is 0 Å². The lowest BCUT2D eigenvalue weighted by Gasteiger charge is -2.23. The third-order valence-corrected chi connectivity index (χ3v) is 4.61. The fourth-order valence-corrected chi connectivity index (χ4v) is 3.27. The summed E-state index contributed by atoms with van der Waals surface area (Å²) in [6, 6.07) is 2.41. The van der Waals surface area contributed by atoms with Gasteiger partial charge in [0.1, 0.15) is 0 Å².